The van der Waals surface area contributed by atoms with Crippen molar-refractivity contribution in [3.63, 3.8) is 0 Å². The normalized spacial score (nSPS) is 14.7. The molecule has 5 nitrogen and oxygen atoms in total. The smallest absolute Gasteiger partial charge is 0.236 e. The largest absolute Gasteiger partial charge is 0.339 e. The van der Waals surface area contributed by atoms with E-state index < -0.39 is 0 Å². The Morgan fingerprint density at radius 2 is 2.08 bits per heavy atom. The molecule has 1 aromatic carbocycles. The summed E-state index contributed by atoms with van der Waals surface area (Å²) in [5, 5.41) is 4.37. The molecule has 1 aliphatic rings. The number of carbonyl (C=O) groups excluding carboxylic acids is 1. The molecule has 0 saturated carbocycles. The Bertz CT molecular complexity index is 706. The molecule has 2 aromatic rings. The highest BCUT2D eigenvalue weighted by atomic mass is 79.9. The van der Waals surface area contributed by atoms with E-state index in [1.807, 2.05) is 30.3 Å². The molecule has 24 heavy (non-hydrogen) atoms. The maximum absolute atomic E-state index is 12.3. The van der Waals surface area contributed by atoms with E-state index in [1.54, 1.807) is 0 Å². The van der Waals surface area contributed by atoms with E-state index in [9.17, 15) is 4.79 Å². The van der Waals surface area contributed by atoms with E-state index >= 15 is 0 Å². The number of fused-ring (bicyclic) bond motifs is 1. The fourth-order valence-electron chi connectivity index (χ4n) is 2.92. The number of amides is 1. The van der Waals surface area contributed by atoms with E-state index in [2.05, 4.69) is 43.3 Å². The second kappa shape index (κ2) is 8.76. The lowest BCUT2D eigenvalue weighted by atomic mass is 10.1. The van der Waals surface area contributed by atoms with Crippen LogP contribution in [0.15, 0.2) is 34.9 Å². The van der Waals surface area contributed by atoms with Crippen LogP contribution in [0.5, 0.6) is 0 Å². The van der Waals surface area contributed by atoms with Crippen LogP contribution in [0.2, 0.25) is 0 Å². The van der Waals surface area contributed by atoms with Gasteiger partial charge in [0.15, 0.2) is 0 Å². The van der Waals surface area contributed by atoms with Gasteiger partial charge in [0.05, 0.1) is 12.1 Å². The number of pyridine rings is 1. The molecule has 1 aromatic heterocycles. The van der Waals surface area contributed by atoms with Gasteiger partial charge in [0.2, 0.25) is 5.91 Å². The Balaban J connectivity index is 0.00000208. The lowest BCUT2D eigenvalue weighted by Gasteiger charge is -2.29. The third-order valence-electron chi connectivity index (χ3n) is 4.12. The SMILES string of the molecule is CN(CC(=O)N1CCNCC1)Cc1ccc(Br)c2cccnc12.Cl. The van der Waals surface area contributed by atoms with Crippen molar-refractivity contribution < 1.29 is 4.79 Å². The summed E-state index contributed by atoms with van der Waals surface area (Å²) in [6.07, 6.45) is 1.81. The van der Waals surface area contributed by atoms with Crippen LogP contribution in [-0.2, 0) is 11.3 Å². The molecule has 0 radical (unpaired) electrons. The number of likely N-dealkylation sites (N-methyl/N-ethyl adjacent to an activating group) is 1. The number of hydrogen-bond donors (Lipinski definition) is 1. The molecule has 0 atom stereocenters. The first-order chi connectivity index (χ1) is 11.1. The number of benzene rings is 1. The minimum atomic E-state index is 0. The second-order valence-electron chi connectivity index (χ2n) is 5.91. The highest BCUT2D eigenvalue weighted by Crippen LogP contribution is 2.25. The van der Waals surface area contributed by atoms with Crippen LogP contribution in [0.25, 0.3) is 10.9 Å². The van der Waals surface area contributed by atoms with E-state index in [0.717, 1.165) is 47.1 Å². The zero-order chi connectivity index (χ0) is 16.2. The number of rotatable bonds is 4. The monoisotopic (exact) mass is 412 g/mol. The number of nitrogens with one attached hydrogen (secondary N) is 1. The van der Waals surface area contributed by atoms with Gasteiger partial charge in [-0.3, -0.25) is 14.7 Å². The first kappa shape index (κ1) is 19.1. The Morgan fingerprint density at radius 1 is 1.33 bits per heavy atom. The fraction of sp³-hybridized carbons (Fsp3) is 0.412. The molecular weight excluding hydrogens is 392 g/mol. The van der Waals surface area contributed by atoms with Crippen LogP contribution in [0.3, 0.4) is 0 Å². The standard InChI is InChI=1S/C17H21BrN4O.ClH/c1-21(12-16(23)22-9-7-19-8-10-22)11-13-4-5-15(18)14-3-2-6-20-17(13)14;/h2-6,19H,7-12H2,1H3;1H. The average molecular weight is 414 g/mol. The maximum atomic E-state index is 12.3. The first-order valence-corrected chi connectivity index (χ1v) is 8.63. The van der Waals surface area contributed by atoms with Gasteiger partial charge in [-0.15, -0.1) is 12.4 Å². The average Bonchev–Trinajstić information content (AvgIpc) is 2.58. The summed E-state index contributed by atoms with van der Waals surface area (Å²) in [4.78, 5) is 20.8. The predicted molar refractivity (Wildman–Crippen MR) is 102 cm³/mol. The molecule has 1 fully saturated rings. The molecular formula is C17H22BrClN4O. The molecule has 1 aliphatic heterocycles. The van der Waals surface area contributed by atoms with Crippen molar-refractivity contribution >= 4 is 45.1 Å². The van der Waals surface area contributed by atoms with Gasteiger partial charge < -0.3 is 10.2 Å². The van der Waals surface area contributed by atoms with Gasteiger partial charge in [-0.25, -0.2) is 0 Å². The molecule has 3 rings (SSSR count). The van der Waals surface area contributed by atoms with Crippen LogP contribution in [0.1, 0.15) is 5.56 Å². The van der Waals surface area contributed by atoms with E-state index in [0.29, 0.717) is 13.1 Å². The highest BCUT2D eigenvalue weighted by Gasteiger charge is 2.18. The van der Waals surface area contributed by atoms with Crippen LogP contribution in [0.4, 0.5) is 0 Å². The number of halogens is 2. The van der Waals surface area contributed by atoms with Crippen LogP contribution in [-0.4, -0.2) is 60.5 Å². The predicted octanol–water partition coefficient (Wildman–Crippen LogP) is 2.28. The van der Waals surface area contributed by atoms with E-state index in [4.69, 9.17) is 0 Å². The number of aromatic nitrogens is 1. The zero-order valence-corrected chi connectivity index (χ0v) is 16.1. The molecule has 1 amide bonds. The number of nitrogens with zero attached hydrogens (tertiary/aromatic N) is 3. The summed E-state index contributed by atoms with van der Waals surface area (Å²) in [6, 6.07) is 8.12. The van der Waals surface area contributed by atoms with Crippen molar-refractivity contribution in [1.29, 1.82) is 0 Å². The van der Waals surface area contributed by atoms with Gasteiger partial charge >= 0.3 is 0 Å². The lowest BCUT2D eigenvalue weighted by molar-refractivity contribution is -0.132. The number of piperazine rings is 1. The van der Waals surface area contributed by atoms with Crippen LogP contribution >= 0.6 is 28.3 Å². The molecule has 0 spiro atoms. The second-order valence-corrected chi connectivity index (χ2v) is 6.76. The Morgan fingerprint density at radius 3 is 2.83 bits per heavy atom. The van der Waals surface area contributed by atoms with Gasteiger partial charge in [0.25, 0.3) is 0 Å². The molecule has 0 aliphatic carbocycles. The first-order valence-electron chi connectivity index (χ1n) is 7.84. The summed E-state index contributed by atoms with van der Waals surface area (Å²) in [7, 11) is 1.98. The van der Waals surface area contributed by atoms with Gasteiger partial charge in [-0.1, -0.05) is 28.1 Å². The molecule has 1 N–H and O–H groups in total. The third-order valence-corrected chi connectivity index (χ3v) is 4.81. The molecule has 0 bridgehead atoms. The lowest BCUT2D eigenvalue weighted by Crippen LogP contribution is -2.49. The van der Waals surface area contributed by atoms with Crippen molar-refractivity contribution in [2.75, 3.05) is 39.8 Å². The maximum Gasteiger partial charge on any atom is 0.236 e. The summed E-state index contributed by atoms with van der Waals surface area (Å²) >= 11 is 3.57. The fourth-order valence-corrected chi connectivity index (χ4v) is 3.37. The minimum absolute atomic E-state index is 0. The summed E-state index contributed by atoms with van der Waals surface area (Å²) in [5.74, 6) is 0.198. The Kier molecular flexibility index (Phi) is 6.98. The van der Waals surface area contributed by atoms with Crippen molar-refractivity contribution in [3.05, 3.63) is 40.5 Å². The Labute approximate surface area is 156 Å². The van der Waals surface area contributed by atoms with Crippen molar-refractivity contribution in [2.24, 2.45) is 0 Å². The summed E-state index contributed by atoms with van der Waals surface area (Å²) in [5.41, 5.74) is 2.13. The van der Waals surface area contributed by atoms with Crippen molar-refractivity contribution in [3.8, 4) is 0 Å². The third kappa shape index (κ3) is 4.45. The van der Waals surface area contributed by atoms with Gasteiger partial charge in [0, 0.05) is 48.8 Å². The van der Waals surface area contributed by atoms with Crippen molar-refractivity contribution in [2.45, 2.75) is 6.54 Å². The van der Waals surface area contributed by atoms with Gasteiger partial charge in [0.1, 0.15) is 0 Å². The molecule has 130 valence electrons. The number of carbonyl (C=O) groups is 1. The highest BCUT2D eigenvalue weighted by molar-refractivity contribution is 9.10. The minimum Gasteiger partial charge on any atom is -0.339 e. The Hall–Kier alpha value is -1.21. The summed E-state index contributed by atoms with van der Waals surface area (Å²) < 4.78 is 1.05. The van der Waals surface area contributed by atoms with E-state index in [1.165, 1.54) is 0 Å². The summed E-state index contributed by atoms with van der Waals surface area (Å²) in [6.45, 7) is 4.52. The quantitative estimate of drug-likeness (QED) is 0.835. The molecule has 1 saturated heterocycles. The molecule has 7 heteroatoms. The van der Waals surface area contributed by atoms with Gasteiger partial charge in [-0.05, 0) is 24.7 Å². The molecule has 0 unspecified atom stereocenters. The van der Waals surface area contributed by atoms with Crippen LogP contribution in [0, 0.1) is 0 Å². The van der Waals surface area contributed by atoms with Crippen LogP contribution < -0.4 is 5.32 Å². The van der Waals surface area contributed by atoms with Crippen molar-refractivity contribution in [1.82, 2.24) is 20.1 Å². The van der Waals surface area contributed by atoms with E-state index in [-0.39, 0.29) is 18.3 Å². The molecule has 2 heterocycles. The van der Waals surface area contributed by atoms with Gasteiger partial charge in [-0.2, -0.15) is 0 Å². The number of hydrogen-bond acceptors (Lipinski definition) is 4. The zero-order valence-electron chi connectivity index (χ0n) is 13.7. The topological polar surface area (TPSA) is 48.5 Å².